The smallest absolute Gasteiger partial charge is 0.126 e. The molecule has 1 aliphatic rings. The molecule has 0 radical (unpaired) electrons. The quantitative estimate of drug-likeness (QED) is 0.935. The zero-order valence-corrected chi connectivity index (χ0v) is 14.2. The third-order valence-corrected chi connectivity index (χ3v) is 4.55. The topological polar surface area (TPSA) is 26.7 Å². The molecule has 0 unspecified atom stereocenters. The van der Waals surface area contributed by atoms with Crippen LogP contribution in [0.2, 0.25) is 0 Å². The minimum absolute atomic E-state index is 0.163. The Morgan fingerprint density at radius 2 is 1.58 bits per heavy atom. The van der Waals surface area contributed by atoms with Crippen LogP contribution in [0.5, 0.6) is 0 Å². The summed E-state index contributed by atoms with van der Waals surface area (Å²) in [7, 11) is 0. The minimum Gasteiger partial charge on any atom is -0.390 e. The highest BCUT2D eigenvalue weighted by Gasteiger charge is 2.21. The number of rotatable bonds is 4. The zero-order chi connectivity index (χ0) is 16.9. The van der Waals surface area contributed by atoms with Crippen LogP contribution in [0, 0.1) is 12.7 Å². The van der Waals surface area contributed by atoms with Crippen molar-refractivity contribution in [3.05, 3.63) is 71.0 Å². The molecule has 0 aromatic heterocycles. The third-order valence-electron chi connectivity index (χ3n) is 4.55. The lowest BCUT2D eigenvalue weighted by Gasteiger charge is -2.22. The van der Waals surface area contributed by atoms with Crippen molar-refractivity contribution >= 4 is 0 Å². The number of nitrogens with zero attached hydrogens (tertiary/aromatic N) is 2. The van der Waals surface area contributed by atoms with Crippen molar-refractivity contribution in [1.82, 2.24) is 9.80 Å². The van der Waals surface area contributed by atoms with E-state index < -0.39 is 0 Å². The Bertz CT molecular complexity index is 662. The van der Waals surface area contributed by atoms with E-state index in [0.29, 0.717) is 18.7 Å². The molecule has 4 heteroatoms. The van der Waals surface area contributed by atoms with Crippen molar-refractivity contribution in [2.75, 3.05) is 26.2 Å². The van der Waals surface area contributed by atoms with Crippen molar-refractivity contribution in [3.63, 3.8) is 0 Å². The van der Waals surface area contributed by atoms with Gasteiger partial charge in [0.15, 0.2) is 0 Å². The summed E-state index contributed by atoms with van der Waals surface area (Å²) in [5, 5.41) is 10.3. The van der Waals surface area contributed by atoms with Crippen LogP contribution in [0.3, 0.4) is 0 Å². The van der Waals surface area contributed by atoms with Gasteiger partial charge in [0.25, 0.3) is 0 Å². The van der Waals surface area contributed by atoms with E-state index in [-0.39, 0.29) is 11.9 Å². The Hall–Kier alpha value is -1.75. The van der Waals surface area contributed by atoms with Crippen molar-refractivity contribution in [2.24, 2.45) is 0 Å². The van der Waals surface area contributed by atoms with Crippen LogP contribution >= 0.6 is 0 Å². The van der Waals surface area contributed by atoms with E-state index in [2.05, 4.69) is 21.9 Å². The molecule has 3 nitrogen and oxygen atoms in total. The molecule has 1 atom stereocenters. The lowest BCUT2D eigenvalue weighted by Crippen LogP contribution is -2.33. The molecule has 1 N–H and O–H groups in total. The molecule has 0 bridgehead atoms. The molecular weight excluding hydrogens is 303 g/mol. The molecule has 128 valence electrons. The number of hydrogen-bond donors (Lipinski definition) is 1. The Balaban J connectivity index is 1.60. The fourth-order valence-electron chi connectivity index (χ4n) is 3.31. The van der Waals surface area contributed by atoms with Gasteiger partial charge in [0.1, 0.15) is 5.82 Å². The number of hydrogen-bond acceptors (Lipinski definition) is 3. The van der Waals surface area contributed by atoms with Crippen molar-refractivity contribution < 1.29 is 9.50 Å². The second-order valence-corrected chi connectivity index (χ2v) is 6.69. The Kier molecular flexibility index (Phi) is 5.61. The Morgan fingerprint density at radius 1 is 0.958 bits per heavy atom. The molecule has 0 amide bonds. The number of benzene rings is 2. The summed E-state index contributed by atoms with van der Waals surface area (Å²) < 4.78 is 13.4. The standard InChI is InChI=1S/C20H25FN2O/c1-16-11-18(7-8-20(16)21)13-23-10-9-22(14-19(24)15-23)12-17-5-3-2-4-6-17/h2-8,11,19,24H,9-10,12-15H2,1H3/t19-/m0/s1. The maximum Gasteiger partial charge on any atom is 0.126 e. The second kappa shape index (κ2) is 7.88. The highest BCUT2D eigenvalue weighted by Crippen LogP contribution is 2.14. The van der Waals surface area contributed by atoms with E-state index in [1.807, 2.05) is 30.3 Å². The fourth-order valence-corrected chi connectivity index (χ4v) is 3.31. The average molecular weight is 328 g/mol. The molecule has 0 aliphatic carbocycles. The van der Waals surface area contributed by atoms with Gasteiger partial charge >= 0.3 is 0 Å². The van der Waals surface area contributed by atoms with Crippen LogP contribution in [0.25, 0.3) is 0 Å². The molecule has 1 heterocycles. The van der Waals surface area contributed by atoms with Crippen molar-refractivity contribution in [1.29, 1.82) is 0 Å². The van der Waals surface area contributed by atoms with Crippen LogP contribution in [-0.4, -0.2) is 47.2 Å². The summed E-state index contributed by atoms with van der Waals surface area (Å²) in [6.07, 6.45) is -0.363. The third kappa shape index (κ3) is 4.63. The first-order chi connectivity index (χ1) is 11.6. The van der Waals surface area contributed by atoms with E-state index in [1.165, 1.54) is 11.6 Å². The molecule has 24 heavy (non-hydrogen) atoms. The lowest BCUT2D eigenvalue weighted by molar-refractivity contribution is 0.106. The predicted octanol–water partition coefficient (Wildman–Crippen LogP) is 2.81. The second-order valence-electron chi connectivity index (χ2n) is 6.69. The molecule has 0 spiro atoms. The van der Waals surface area contributed by atoms with E-state index in [0.717, 1.165) is 31.7 Å². The minimum atomic E-state index is -0.363. The first-order valence-electron chi connectivity index (χ1n) is 8.52. The van der Waals surface area contributed by atoms with Crippen LogP contribution in [0.1, 0.15) is 16.7 Å². The van der Waals surface area contributed by atoms with Crippen LogP contribution in [0.15, 0.2) is 48.5 Å². The molecule has 1 fully saturated rings. The summed E-state index contributed by atoms with van der Waals surface area (Å²) in [6, 6.07) is 15.6. The van der Waals surface area contributed by atoms with E-state index in [9.17, 15) is 9.50 Å². The number of aliphatic hydroxyl groups is 1. The average Bonchev–Trinajstić information content (AvgIpc) is 2.73. The lowest BCUT2D eigenvalue weighted by atomic mass is 10.1. The van der Waals surface area contributed by atoms with Gasteiger partial charge in [-0.05, 0) is 29.7 Å². The Labute approximate surface area is 143 Å². The molecule has 2 aromatic rings. The number of aliphatic hydroxyl groups excluding tert-OH is 1. The van der Waals surface area contributed by atoms with E-state index in [1.54, 1.807) is 6.92 Å². The van der Waals surface area contributed by atoms with Crippen molar-refractivity contribution in [3.8, 4) is 0 Å². The molecule has 0 saturated carbocycles. The SMILES string of the molecule is Cc1cc(CN2CCN(Cc3ccccc3)C[C@H](O)C2)ccc1F. The van der Waals surface area contributed by atoms with Gasteiger partial charge in [-0.25, -0.2) is 4.39 Å². The maximum absolute atomic E-state index is 13.4. The van der Waals surface area contributed by atoms with Gasteiger partial charge in [-0.3, -0.25) is 9.80 Å². The van der Waals surface area contributed by atoms with Gasteiger partial charge in [-0.15, -0.1) is 0 Å². The fraction of sp³-hybridized carbons (Fsp3) is 0.400. The van der Waals surface area contributed by atoms with Gasteiger partial charge in [0.2, 0.25) is 0 Å². The first kappa shape index (κ1) is 17.1. The van der Waals surface area contributed by atoms with Gasteiger partial charge in [-0.2, -0.15) is 0 Å². The van der Waals surface area contributed by atoms with Gasteiger partial charge in [0, 0.05) is 39.3 Å². The highest BCUT2D eigenvalue weighted by molar-refractivity contribution is 5.24. The summed E-state index contributed by atoms with van der Waals surface area (Å²) in [5.74, 6) is -0.163. The highest BCUT2D eigenvalue weighted by atomic mass is 19.1. The normalized spacial score (nSPS) is 20.0. The predicted molar refractivity (Wildman–Crippen MR) is 94.1 cm³/mol. The largest absolute Gasteiger partial charge is 0.390 e. The molecular formula is C20H25FN2O. The number of halogens is 1. The van der Waals surface area contributed by atoms with Crippen molar-refractivity contribution in [2.45, 2.75) is 26.1 Å². The van der Waals surface area contributed by atoms with Crippen LogP contribution in [-0.2, 0) is 13.1 Å². The maximum atomic E-state index is 13.4. The van der Waals surface area contributed by atoms with E-state index in [4.69, 9.17) is 0 Å². The summed E-state index contributed by atoms with van der Waals surface area (Å²) >= 11 is 0. The molecule has 1 aliphatic heterocycles. The van der Waals surface area contributed by atoms with E-state index >= 15 is 0 Å². The summed E-state index contributed by atoms with van der Waals surface area (Å²) in [6.45, 7) is 6.57. The number of aryl methyl sites for hydroxylation is 1. The van der Waals surface area contributed by atoms with Gasteiger partial charge in [0.05, 0.1) is 6.10 Å². The zero-order valence-electron chi connectivity index (χ0n) is 14.2. The summed E-state index contributed by atoms with van der Waals surface area (Å²) in [5.41, 5.74) is 3.04. The Morgan fingerprint density at radius 3 is 2.21 bits per heavy atom. The monoisotopic (exact) mass is 328 g/mol. The summed E-state index contributed by atoms with van der Waals surface area (Å²) in [4.78, 5) is 4.55. The number of β-amino-alcohol motifs (C(OH)–C–C–N with tert-alkyl or cyclic N) is 1. The van der Waals surface area contributed by atoms with Crippen LogP contribution < -0.4 is 0 Å². The first-order valence-corrected chi connectivity index (χ1v) is 8.52. The van der Waals surface area contributed by atoms with Gasteiger partial charge < -0.3 is 5.11 Å². The van der Waals surface area contributed by atoms with Crippen LogP contribution in [0.4, 0.5) is 4.39 Å². The van der Waals surface area contributed by atoms with Gasteiger partial charge in [-0.1, -0.05) is 42.5 Å². The molecule has 1 saturated heterocycles. The molecule has 3 rings (SSSR count). The molecule has 2 aromatic carbocycles.